The van der Waals surface area contributed by atoms with Gasteiger partial charge in [-0.3, -0.25) is 4.98 Å². The van der Waals surface area contributed by atoms with Crippen LogP contribution in [-0.4, -0.2) is 57.0 Å². The fraction of sp³-hybridized carbons (Fsp3) is 0.190. The number of nitrogens with zero attached hydrogens (tertiary/aromatic N) is 6. The Morgan fingerprint density at radius 2 is 1.81 bits per heavy atom. The summed E-state index contributed by atoms with van der Waals surface area (Å²) < 4.78 is 0. The number of nitrogen functional groups attached to an aromatic ring is 1. The Bertz CT molecular complexity index is 1210. The third kappa shape index (κ3) is 3.97. The number of aromatic nitrogens is 4. The Labute approximate surface area is 182 Å². The van der Waals surface area contributed by atoms with Crippen molar-refractivity contribution < 1.29 is 4.79 Å². The van der Waals surface area contributed by atoms with Gasteiger partial charge in [-0.2, -0.15) is 4.98 Å². The summed E-state index contributed by atoms with van der Waals surface area (Å²) in [6.07, 6.45) is 3.51. The standard InChI is InChI=1S/C21H20N8OS/c22-20-26-17(16-19(27-20)31-18(25-16)14-5-4-8-23-13-14)28-9-11-29(12-10-28)21(30)24-15-6-2-1-3-7-15/h1-8,13H,9-12H2,(H,24,30)(H2,22,26,27). The number of pyridine rings is 1. The molecule has 1 aliphatic heterocycles. The van der Waals surface area contributed by atoms with E-state index in [1.54, 1.807) is 17.3 Å². The molecule has 1 aliphatic rings. The summed E-state index contributed by atoms with van der Waals surface area (Å²) >= 11 is 1.47. The lowest BCUT2D eigenvalue weighted by Crippen LogP contribution is -2.50. The number of urea groups is 1. The second-order valence-corrected chi connectivity index (χ2v) is 8.07. The van der Waals surface area contributed by atoms with Gasteiger partial charge in [0.05, 0.1) is 0 Å². The van der Waals surface area contributed by atoms with Crippen molar-refractivity contribution in [1.82, 2.24) is 24.8 Å². The largest absolute Gasteiger partial charge is 0.368 e. The number of amides is 2. The van der Waals surface area contributed by atoms with Gasteiger partial charge in [-0.25, -0.2) is 14.8 Å². The number of carbonyl (C=O) groups is 1. The van der Waals surface area contributed by atoms with Crippen molar-refractivity contribution in [1.29, 1.82) is 0 Å². The monoisotopic (exact) mass is 432 g/mol. The molecule has 4 aromatic rings. The lowest BCUT2D eigenvalue weighted by Gasteiger charge is -2.35. The van der Waals surface area contributed by atoms with Gasteiger partial charge in [-0.15, -0.1) is 0 Å². The second-order valence-electron chi connectivity index (χ2n) is 7.09. The number of fused-ring (bicyclic) bond motifs is 1. The first kappa shape index (κ1) is 19.2. The van der Waals surface area contributed by atoms with E-state index in [9.17, 15) is 4.79 Å². The molecule has 0 bridgehead atoms. The highest BCUT2D eigenvalue weighted by molar-refractivity contribution is 7.21. The van der Waals surface area contributed by atoms with Gasteiger partial charge in [0.2, 0.25) is 5.95 Å². The van der Waals surface area contributed by atoms with Crippen LogP contribution in [0.15, 0.2) is 54.9 Å². The topological polar surface area (TPSA) is 113 Å². The van der Waals surface area contributed by atoms with E-state index in [0.717, 1.165) is 26.6 Å². The normalized spacial score (nSPS) is 14.1. The fourth-order valence-electron chi connectivity index (χ4n) is 3.50. The van der Waals surface area contributed by atoms with Crippen LogP contribution in [-0.2, 0) is 0 Å². The zero-order valence-electron chi connectivity index (χ0n) is 16.6. The SMILES string of the molecule is Nc1nc(N2CCN(C(=O)Nc3ccccc3)CC2)c2nc(-c3cccnc3)sc2n1. The number of carbonyl (C=O) groups excluding carboxylic acids is 1. The number of piperazine rings is 1. The molecule has 1 aromatic carbocycles. The molecule has 0 spiro atoms. The summed E-state index contributed by atoms with van der Waals surface area (Å²) in [5.74, 6) is 0.921. The minimum absolute atomic E-state index is 0.106. The molecule has 4 heterocycles. The zero-order valence-corrected chi connectivity index (χ0v) is 17.4. The van der Waals surface area contributed by atoms with Crippen LogP contribution in [0.4, 0.5) is 22.2 Å². The summed E-state index contributed by atoms with van der Waals surface area (Å²) in [5.41, 5.74) is 8.42. The number of anilines is 3. The summed E-state index contributed by atoms with van der Waals surface area (Å²) in [7, 11) is 0. The lowest BCUT2D eigenvalue weighted by atomic mass is 10.3. The van der Waals surface area contributed by atoms with Crippen LogP contribution >= 0.6 is 11.3 Å². The third-order valence-corrected chi connectivity index (χ3v) is 6.06. The molecule has 2 amide bonds. The van der Waals surface area contributed by atoms with Gasteiger partial charge in [-0.1, -0.05) is 29.5 Å². The zero-order chi connectivity index (χ0) is 21.2. The Morgan fingerprint density at radius 1 is 1.00 bits per heavy atom. The minimum Gasteiger partial charge on any atom is -0.368 e. The van der Waals surface area contributed by atoms with Crippen LogP contribution in [0.25, 0.3) is 20.9 Å². The maximum Gasteiger partial charge on any atom is 0.321 e. The maximum atomic E-state index is 12.6. The van der Waals surface area contributed by atoms with E-state index in [0.29, 0.717) is 32.0 Å². The van der Waals surface area contributed by atoms with Gasteiger partial charge < -0.3 is 20.9 Å². The average Bonchev–Trinajstić information content (AvgIpc) is 3.24. The number of hydrogen-bond donors (Lipinski definition) is 2. The second kappa shape index (κ2) is 8.15. The number of para-hydroxylation sites is 1. The molecule has 0 saturated carbocycles. The van der Waals surface area contributed by atoms with Gasteiger partial charge >= 0.3 is 6.03 Å². The summed E-state index contributed by atoms with van der Waals surface area (Å²) in [5, 5.41) is 3.76. The first-order valence-corrected chi connectivity index (χ1v) is 10.7. The fourth-order valence-corrected chi connectivity index (χ4v) is 4.43. The molecule has 0 atom stereocenters. The molecule has 156 valence electrons. The Kier molecular flexibility index (Phi) is 5.04. The molecule has 3 N–H and O–H groups in total. The van der Waals surface area contributed by atoms with Crippen LogP contribution in [0.3, 0.4) is 0 Å². The third-order valence-electron chi connectivity index (χ3n) is 5.06. The van der Waals surface area contributed by atoms with Gasteiger partial charge in [0.1, 0.15) is 10.5 Å². The minimum atomic E-state index is -0.106. The van der Waals surface area contributed by atoms with Gasteiger partial charge in [-0.05, 0) is 24.3 Å². The Balaban J connectivity index is 1.34. The molecule has 31 heavy (non-hydrogen) atoms. The van der Waals surface area contributed by atoms with E-state index in [2.05, 4.69) is 25.2 Å². The number of hydrogen-bond acceptors (Lipinski definition) is 8. The van der Waals surface area contributed by atoms with Crippen molar-refractivity contribution in [2.24, 2.45) is 0 Å². The molecule has 3 aromatic heterocycles. The van der Waals surface area contributed by atoms with Gasteiger partial charge in [0.25, 0.3) is 0 Å². The van der Waals surface area contributed by atoms with Gasteiger partial charge in [0.15, 0.2) is 10.6 Å². The Hall–Kier alpha value is -3.79. The number of nitrogens with one attached hydrogen (secondary N) is 1. The van der Waals surface area contributed by atoms with Crippen molar-refractivity contribution in [3.63, 3.8) is 0 Å². The van der Waals surface area contributed by atoms with Crippen molar-refractivity contribution in [2.45, 2.75) is 0 Å². The smallest absolute Gasteiger partial charge is 0.321 e. The highest BCUT2D eigenvalue weighted by Gasteiger charge is 2.25. The van der Waals surface area contributed by atoms with E-state index in [1.165, 1.54) is 11.3 Å². The van der Waals surface area contributed by atoms with Crippen LogP contribution < -0.4 is 16.0 Å². The molecule has 0 aliphatic carbocycles. The highest BCUT2D eigenvalue weighted by atomic mass is 32.1. The van der Waals surface area contributed by atoms with Crippen molar-refractivity contribution in [3.05, 3.63) is 54.9 Å². The van der Waals surface area contributed by atoms with Gasteiger partial charge in [0, 0.05) is 49.8 Å². The molecule has 1 saturated heterocycles. The number of benzene rings is 1. The van der Waals surface area contributed by atoms with E-state index in [-0.39, 0.29) is 12.0 Å². The maximum absolute atomic E-state index is 12.6. The number of rotatable bonds is 3. The lowest BCUT2D eigenvalue weighted by molar-refractivity contribution is 0.208. The van der Waals surface area contributed by atoms with E-state index in [1.807, 2.05) is 42.5 Å². The molecule has 5 rings (SSSR count). The van der Waals surface area contributed by atoms with Crippen molar-refractivity contribution in [3.8, 4) is 10.6 Å². The van der Waals surface area contributed by atoms with Crippen LogP contribution in [0, 0.1) is 0 Å². The van der Waals surface area contributed by atoms with Crippen LogP contribution in [0.5, 0.6) is 0 Å². The number of nitrogens with two attached hydrogens (primary N) is 1. The molecule has 0 radical (unpaired) electrons. The van der Waals surface area contributed by atoms with E-state index in [4.69, 9.17) is 10.7 Å². The first-order chi connectivity index (χ1) is 15.2. The van der Waals surface area contributed by atoms with Crippen molar-refractivity contribution >= 4 is 45.2 Å². The van der Waals surface area contributed by atoms with E-state index < -0.39 is 0 Å². The molecule has 9 nitrogen and oxygen atoms in total. The molecule has 10 heteroatoms. The quantitative estimate of drug-likeness (QED) is 0.511. The average molecular weight is 433 g/mol. The summed E-state index contributed by atoms with van der Waals surface area (Å²) in [6, 6.07) is 13.2. The molecular weight excluding hydrogens is 412 g/mol. The van der Waals surface area contributed by atoms with Crippen LogP contribution in [0.2, 0.25) is 0 Å². The van der Waals surface area contributed by atoms with Crippen molar-refractivity contribution in [2.75, 3.05) is 42.1 Å². The molecule has 0 unspecified atom stereocenters. The summed E-state index contributed by atoms with van der Waals surface area (Å²) in [6.45, 7) is 2.41. The number of thiazole rings is 1. The van der Waals surface area contributed by atoms with Crippen LogP contribution in [0.1, 0.15) is 0 Å². The predicted octanol–water partition coefficient (Wildman–Crippen LogP) is 3.08. The first-order valence-electron chi connectivity index (χ1n) is 9.88. The molecule has 1 fully saturated rings. The van der Waals surface area contributed by atoms with E-state index >= 15 is 0 Å². The molecular formula is C21H20N8OS. The summed E-state index contributed by atoms with van der Waals surface area (Å²) in [4.78, 5) is 35.0. The Morgan fingerprint density at radius 3 is 2.55 bits per heavy atom. The predicted molar refractivity (Wildman–Crippen MR) is 122 cm³/mol. The highest BCUT2D eigenvalue weighted by Crippen LogP contribution is 2.33.